The van der Waals surface area contributed by atoms with Crippen LogP contribution in [0.4, 0.5) is 5.82 Å². The number of nitrogens with zero attached hydrogens (tertiary/aromatic N) is 4. The van der Waals surface area contributed by atoms with Gasteiger partial charge >= 0.3 is 0 Å². The normalized spacial score (nSPS) is 15.8. The van der Waals surface area contributed by atoms with Gasteiger partial charge in [-0.2, -0.15) is 0 Å². The molecular formula is C15H25N5O2. The van der Waals surface area contributed by atoms with Gasteiger partial charge in [-0.05, 0) is 13.0 Å². The lowest BCUT2D eigenvalue weighted by Crippen LogP contribution is -2.46. The van der Waals surface area contributed by atoms with Crippen molar-refractivity contribution in [2.75, 3.05) is 57.9 Å². The first-order chi connectivity index (χ1) is 10.7. The Morgan fingerprint density at radius 2 is 2.09 bits per heavy atom. The summed E-state index contributed by atoms with van der Waals surface area (Å²) in [5, 5.41) is 2.84. The predicted octanol–water partition coefficient (Wildman–Crippen LogP) is 0.385. The number of aromatic nitrogens is 2. The van der Waals surface area contributed by atoms with Gasteiger partial charge in [0.2, 0.25) is 0 Å². The number of anilines is 1. The molecule has 1 aromatic rings. The third-order valence-corrected chi connectivity index (χ3v) is 3.84. The first kappa shape index (κ1) is 16.6. The van der Waals surface area contributed by atoms with E-state index in [9.17, 15) is 4.79 Å². The quantitative estimate of drug-likeness (QED) is 0.735. The number of ether oxygens (including phenoxy) is 1. The molecule has 0 radical (unpaired) electrons. The highest BCUT2D eigenvalue weighted by Gasteiger charge is 2.18. The van der Waals surface area contributed by atoms with E-state index in [2.05, 4.69) is 32.0 Å². The Hall–Kier alpha value is -1.73. The zero-order chi connectivity index (χ0) is 15.8. The summed E-state index contributed by atoms with van der Waals surface area (Å²) in [4.78, 5) is 25.1. The van der Waals surface area contributed by atoms with Crippen LogP contribution in [0.5, 0.6) is 0 Å². The van der Waals surface area contributed by atoms with Gasteiger partial charge in [0.25, 0.3) is 5.91 Å². The molecule has 1 aliphatic heterocycles. The van der Waals surface area contributed by atoms with Crippen molar-refractivity contribution in [3.63, 3.8) is 0 Å². The van der Waals surface area contributed by atoms with Crippen molar-refractivity contribution < 1.29 is 9.53 Å². The van der Waals surface area contributed by atoms with Crippen LogP contribution in [0.1, 0.15) is 23.8 Å². The second kappa shape index (κ2) is 8.65. The van der Waals surface area contributed by atoms with Crippen molar-refractivity contribution in [1.29, 1.82) is 0 Å². The molecule has 0 aliphatic carbocycles. The first-order valence-electron chi connectivity index (χ1n) is 7.81. The van der Waals surface area contributed by atoms with Gasteiger partial charge in [0.15, 0.2) is 0 Å². The van der Waals surface area contributed by atoms with Crippen LogP contribution >= 0.6 is 0 Å². The Labute approximate surface area is 131 Å². The minimum atomic E-state index is -0.160. The molecule has 1 aliphatic rings. The lowest BCUT2D eigenvalue weighted by atomic mass is 10.3. The average Bonchev–Trinajstić information content (AvgIpc) is 2.59. The molecule has 1 amide bonds. The standard InChI is InChI=1S/C15H25N5O2/c1-3-19-6-8-20(9-7-19)14-11-13(17-12-18-14)15(21)16-5-4-10-22-2/h11-12H,3-10H2,1-2H3,(H,16,21). The fourth-order valence-corrected chi connectivity index (χ4v) is 2.45. The van der Waals surface area contributed by atoms with E-state index in [0.29, 0.717) is 18.8 Å². The van der Waals surface area contributed by atoms with E-state index in [0.717, 1.165) is 45.0 Å². The topological polar surface area (TPSA) is 70.6 Å². The number of hydrogen-bond acceptors (Lipinski definition) is 6. The Morgan fingerprint density at radius 3 is 2.77 bits per heavy atom. The molecule has 7 heteroatoms. The highest BCUT2D eigenvalue weighted by Crippen LogP contribution is 2.13. The SMILES string of the molecule is CCN1CCN(c2cc(C(=O)NCCCOC)ncn2)CC1. The molecule has 2 rings (SSSR count). The number of carbonyl (C=O) groups is 1. The van der Waals surface area contributed by atoms with Crippen LogP contribution in [0.2, 0.25) is 0 Å². The molecule has 0 spiro atoms. The van der Waals surface area contributed by atoms with Gasteiger partial charge in [-0.15, -0.1) is 0 Å². The molecule has 0 atom stereocenters. The molecule has 1 aromatic heterocycles. The molecule has 1 N–H and O–H groups in total. The highest BCUT2D eigenvalue weighted by molar-refractivity contribution is 5.92. The molecule has 7 nitrogen and oxygen atoms in total. The molecule has 0 aromatic carbocycles. The number of methoxy groups -OCH3 is 1. The average molecular weight is 307 g/mol. The zero-order valence-corrected chi connectivity index (χ0v) is 13.4. The Bertz CT molecular complexity index is 475. The third-order valence-electron chi connectivity index (χ3n) is 3.84. The second-order valence-corrected chi connectivity index (χ2v) is 5.29. The molecule has 22 heavy (non-hydrogen) atoms. The fraction of sp³-hybridized carbons (Fsp3) is 0.667. The van der Waals surface area contributed by atoms with E-state index < -0.39 is 0 Å². The van der Waals surface area contributed by atoms with Crippen molar-refractivity contribution in [1.82, 2.24) is 20.2 Å². The van der Waals surface area contributed by atoms with Gasteiger partial charge in [-0.3, -0.25) is 4.79 Å². The number of amides is 1. The van der Waals surface area contributed by atoms with Crippen LogP contribution in [0, 0.1) is 0 Å². The van der Waals surface area contributed by atoms with Crippen molar-refractivity contribution in [2.45, 2.75) is 13.3 Å². The molecule has 1 saturated heterocycles. The van der Waals surface area contributed by atoms with Gasteiger partial charge in [0.05, 0.1) is 0 Å². The number of carbonyl (C=O) groups excluding carboxylic acids is 1. The van der Waals surface area contributed by atoms with Gasteiger partial charge < -0.3 is 19.9 Å². The van der Waals surface area contributed by atoms with Gasteiger partial charge in [0.1, 0.15) is 17.8 Å². The molecule has 1 fully saturated rings. The van der Waals surface area contributed by atoms with Crippen molar-refractivity contribution >= 4 is 11.7 Å². The predicted molar refractivity (Wildman–Crippen MR) is 85.2 cm³/mol. The minimum Gasteiger partial charge on any atom is -0.385 e. The summed E-state index contributed by atoms with van der Waals surface area (Å²) in [6.07, 6.45) is 2.25. The van der Waals surface area contributed by atoms with Gasteiger partial charge in [-0.1, -0.05) is 6.92 Å². The number of nitrogens with one attached hydrogen (secondary N) is 1. The van der Waals surface area contributed by atoms with Crippen molar-refractivity contribution in [2.24, 2.45) is 0 Å². The number of likely N-dealkylation sites (N-methyl/N-ethyl adjacent to an activating group) is 1. The Balaban J connectivity index is 1.91. The second-order valence-electron chi connectivity index (χ2n) is 5.29. The van der Waals surface area contributed by atoms with Gasteiger partial charge in [-0.25, -0.2) is 9.97 Å². The van der Waals surface area contributed by atoms with E-state index in [-0.39, 0.29) is 5.91 Å². The maximum atomic E-state index is 12.1. The van der Waals surface area contributed by atoms with E-state index in [1.54, 1.807) is 13.2 Å². The van der Waals surface area contributed by atoms with Gasteiger partial charge in [0, 0.05) is 52.5 Å². The molecule has 122 valence electrons. The largest absolute Gasteiger partial charge is 0.385 e. The third kappa shape index (κ3) is 4.64. The molecular weight excluding hydrogens is 282 g/mol. The van der Waals surface area contributed by atoms with Crippen LogP contribution in [-0.4, -0.2) is 73.8 Å². The van der Waals surface area contributed by atoms with Crippen LogP contribution < -0.4 is 10.2 Å². The van der Waals surface area contributed by atoms with E-state index in [1.165, 1.54) is 6.33 Å². The van der Waals surface area contributed by atoms with E-state index >= 15 is 0 Å². The highest BCUT2D eigenvalue weighted by atomic mass is 16.5. The van der Waals surface area contributed by atoms with Crippen LogP contribution in [-0.2, 0) is 4.74 Å². The number of piperazine rings is 1. The van der Waals surface area contributed by atoms with E-state index in [1.807, 2.05) is 0 Å². The summed E-state index contributed by atoms with van der Waals surface area (Å²) >= 11 is 0. The van der Waals surface area contributed by atoms with Crippen LogP contribution in [0.25, 0.3) is 0 Å². The number of rotatable bonds is 7. The van der Waals surface area contributed by atoms with Crippen LogP contribution in [0.3, 0.4) is 0 Å². The summed E-state index contributed by atoms with van der Waals surface area (Å²) in [5.74, 6) is 0.666. The Morgan fingerprint density at radius 1 is 1.32 bits per heavy atom. The summed E-state index contributed by atoms with van der Waals surface area (Å²) in [7, 11) is 1.65. The Kier molecular flexibility index (Phi) is 6.54. The zero-order valence-electron chi connectivity index (χ0n) is 13.4. The van der Waals surface area contributed by atoms with Crippen molar-refractivity contribution in [3.05, 3.63) is 18.1 Å². The van der Waals surface area contributed by atoms with E-state index in [4.69, 9.17) is 4.74 Å². The summed E-state index contributed by atoms with van der Waals surface area (Å²) < 4.78 is 4.96. The molecule has 0 saturated carbocycles. The maximum absolute atomic E-state index is 12.1. The lowest BCUT2D eigenvalue weighted by Gasteiger charge is -2.34. The maximum Gasteiger partial charge on any atom is 0.270 e. The van der Waals surface area contributed by atoms with Crippen LogP contribution in [0.15, 0.2) is 12.4 Å². The molecule has 0 unspecified atom stereocenters. The minimum absolute atomic E-state index is 0.160. The molecule has 2 heterocycles. The number of hydrogen-bond donors (Lipinski definition) is 1. The monoisotopic (exact) mass is 307 g/mol. The fourth-order valence-electron chi connectivity index (χ4n) is 2.45. The summed E-state index contributed by atoms with van der Waals surface area (Å²) in [6.45, 7) is 8.38. The van der Waals surface area contributed by atoms with Crippen molar-refractivity contribution in [3.8, 4) is 0 Å². The smallest absolute Gasteiger partial charge is 0.270 e. The summed E-state index contributed by atoms with van der Waals surface area (Å²) in [5.41, 5.74) is 0.417. The molecule has 0 bridgehead atoms. The first-order valence-corrected chi connectivity index (χ1v) is 7.81. The summed E-state index contributed by atoms with van der Waals surface area (Å²) in [6, 6.07) is 1.77. The lowest BCUT2D eigenvalue weighted by molar-refractivity contribution is 0.0943.